The highest BCUT2D eigenvalue weighted by molar-refractivity contribution is 14.1. The molecule has 3 N–H and O–H groups in total. The SMILES string of the molecule is [C-]#[N+]c1ccc(NC(=O)[C@@](C)(O)COc2ccc(NC(=O)C(F)(F)F)cc2)cc1I. The third-order valence-corrected chi connectivity index (χ3v) is 4.57. The molecule has 7 nitrogen and oxygen atoms in total. The first kappa shape index (κ1) is 23.4. The lowest BCUT2D eigenvalue weighted by Gasteiger charge is -2.23. The first-order chi connectivity index (χ1) is 13.9. The van der Waals surface area contributed by atoms with E-state index in [4.69, 9.17) is 11.3 Å². The minimum Gasteiger partial charge on any atom is -0.490 e. The third-order valence-electron chi connectivity index (χ3n) is 3.70. The van der Waals surface area contributed by atoms with E-state index in [1.165, 1.54) is 43.3 Å². The fourth-order valence-electron chi connectivity index (χ4n) is 2.07. The monoisotopic (exact) mass is 533 g/mol. The van der Waals surface area contributed by atoms with Crippen LogP contribution in [-0.4, -0.2) is 35.3 Å². The number of rotatable bonds is 6. The molecule has 2 rings (SSSR count). The molecule has 0 saturated carbocycles. The lowest BCUT2D eigenvalue weighted by molar-refractivity contribution is -0.167. The van der Waals surface area contributed by atoms with E-state index in [2.05, 4.69) is 10.2 Å². The van der Waals surface area contributed by atoms with Gasteiger partial charge in [0.15, 0.2) is 11.3 Å². The Morgan fingerprint density at radius 3 is 2.20 bits per heavy atom. The van der Waals surface area contributed by atoms with Gasteiger partial charge in [-0.3, -0.25) is 9.59 Å². The van der Waals surface area contributed by atoms with Gasteiger partial charge in [0.2, 0.25) is 0 Å². The molecule has 0 unspecified atom stereocenters. The highest BCUT2D eigenvalue weighted by Gasteiger charge is 2.38. The van der Waals surface area contributed by atoms with E-state index in [1.54, 1.807) is 11.4 Å². The van der Waals surface area contributed by atoms with Gasteiger partial charge in [0.05, 0.1) is 6.57 Å². The van der Waals surface area contributed by atoms with Gasteiger partial charge in [-0.25, -0.2) is 4.85 Å². The predicted octanol–water partition coefficient (Wildman–Crippen LogP) is 4.11. The van der Waals surface area contributed by atoms with Crippen molar-refractivity contribution in [2.45, 2.75) is 18.7 Å². The van der Waals surface area contributed by atoms with Crippen LogP contribution in [-0.2, 0) is 9.59 Å². The van der Waals surface area contributed by atoms with Crippen LogP contribution >= 0.6 is 22.6 Å². The third kappa shape index (κ3) is 6.33. The zero-order valence-electron chi connectivity index (χ0n) is 15.4. The van der Waals surface area contributed by atoms with Crippen LogP contribution in [0.3, 0.4) is 0 Å². The Balaban J connectivity index is 1.95. The van der Waals surface area contributed by atoms with Crippen molar-refractivity contribution in [3.8, 4) is 5.75 Å². The zero-order valence-corrected chi connectivity index (χ0v) is 17.5. The van der Waals surface area contributed by atoms with E-state index < -0.39 is 30.2 Å². The van der Waals surface area contributed by atoms with Crippen molar-refractivity contribution >= 4 is 51.5 Å². The van der Waals surface area contributed by atoms with Gasteiger partial charge in [-0.05, 0) is 43.3 Å². The highest BCUT2D eigenvalue weighted by atomic mass is 127. The first-order valence-corrected chi connectivity index (χ1v) is 9.32. The Hall–Kier alpha value is -2.85. The summed E-state index contributed by atoms with van der Waals surface area (Å²) in [5.74, 6) is -2.68. The van der Waals surface area contributed by atoms with Crippen LogP contribution in [0.2, 0.25) is 0 Å². The predicted molar refractivity (Wildman–Crippen MR) is 111 cm³/mol. The largest absolute Gasteiger partial charge is 0.490 e. The van der Waals surface area contributed by atoms with Crippen molar-refractivity contribution in [1.29, 1.82) is 0 Å². The van der Waals surface area contributed by atoms with Crippen LogP contribution in [0.25, 0.3) is 4.85 Å². The van der Waals surface area contributed by atoms with Crippen LogP contribution in [0.1, 0.15) is 6.92 Å². The van der Waals surface area contributed by atoms with E-state index in [-0.39, 0.29) is 11.4 Å². The zero-order chi connectivity index (χ0) is 22.5. The second-order valence-electron chi connectivity index (χ2n) is 6.27. The van der Waals surface area contributed by atoms with Crippen molar-refractivity contribution in [1.82, 2.24) is 0 Å². The van der Waals surface area contributed by atoms with Crippen molar-refractivity contribution < 1.29 is 32.6 Å². The molecule has 0 bridgehead atoms. The topological polar surface area (TPSA) is 92.0 Å². The highest BCUT2D eigenvalue weighted by Crippen LogP contribution is 2.26. The van der Waals surface area contributed by atoms with Gasteiger partial charge < -0.3 is 20.5 Å². The maximum atomic E-state index is 12.3. The summed E-state index contributed by atoms with van der Waals surface area (Å²) in [6, 6.07) is 9.59. The number of nitrogens with zero attached hydrogens (tertiary/aromatic N) is 1. The Morgan fingerprint density at radius 1 is 1.10 bits per heavy atom. The molecule has 1 atom stereocenters. The van der Waals surface area contributed by atoms with Gasteiger partial charge >= 0.3 is 12.1 Å². The van der Waals surface area contributed by atoms with Crippen molar-refractivity contribution in [2.24, 2.45) is 0 Å². The van der Waals surface area contributed by atoms with E-state index in [1.807, 2.05) is 22.6 Å². The number of carbonyl (C=O) groups excluding carboxylic acids is 2. The van der Waals surface area contributed by atoms with E-state index in [0.29, 0.717) is 14.9 Å². The van der Waals surface area contributed by atoms with Gasteiger partial charge in [-0.2, -0.15) is 13.2 Å². The number of hydrogen-bond acceptors (Lipinski definition) is 4. The quantitative estimate of drug-likeness (QED) is 0.385. The fraction of sp³-hybridized carbons (Fsp3) is 0.211. The molecule has 0 heterocycles. The molecule has 0 aliphatic heterocycles. The number of nitrogens with one attached hydrogen (secondary N) is 2. The number of benzene rings is 2. The van der Waals surface area contributed by atoms with E-state index >= 15 is 0 Å². The molecule has 0 spiro atoms. The molecule has 0 fully saturated rings. The molecule has 158 valence electrons. The molecule has 0 aromatic heterocycles. The van der Waals surface area contributed by atoms with Gasteiger partial charge in [-0.1, -0.05) is 28.7 Å². The van der Waals surface area contributed by atoms with Gasteiger partial charge in [0, 0.05) is 14.9 Å². The van der Waals surface area contributed by atoms with E-state index in [0.717, 1.165) is 0 Å². The normalized spacial score (nSPS) is 13.0. The van der Waals surface area contributed by atoms with Crippen molar-refractivity contribution in [2.75, 3.05) is 17.2 Å². The first-order valence-electron chi connectivity index (χ1n) is 8.24. The number of ether oxygens (including phenoxy) is 1. The van der Waals surface area contributed by atoms with Gasteiger partial charge in [0.1, 0.15) is 12.4 Å². The molecular weight excluding hydrogens is 518 g/mol. The summed E-state index contributed by atoms with van der Waals surface area (Å²) in [4.78, 5) is 26.5. The molecule has 0 aliphatic carbocycles. The molecule has 2 aromatic carbocycles. The van der Waals surface area contributed by atoms with Crippen LogP contribution in [0.4, 0.5) is 30.2 Å². The van der Waals surface area contributed by atoms with Crippen LogP contribution < -0.4 is 15.4 Å². The maximum absolute atomic E-state index is 12.3. The number of alkyl halides is 3. The number of aliphatic hydroxyl groups is 1. The maximum Gasteiger partial charge on any atom is 0.471 e. The molecule has 30 heavy (non-hydrogen) atoms. The van der Waals surface area contributed by atoms with Crippen LogP contribution in [0.5, 0.6) is 5.75 Å². The number of halogens is 4. The van der Waals surface area contributed by atoms with Crippen LogP contribution in [0, 0.1) is 10.1 Å². The lowest BCUT2D eigenvalue weighted by atomic mass is 10.1. The number of carbonyl (C=O) groups is 2. The van der Waals surface area contributed by atoms with Crippen LogP contribution in [0.15, 0.2) is 42.5 Å². The lowest BCUT2D eigenvalue weighted by Crippen LogP contribution is -2.45. The number of hydrogen-bond donors (Lipinski definition) is 3. The second kappa shape index (κ2) is 9.31. The molecule has 11 heteroatoms. The number of amides is 2. The van der Waals surface area contributed by atoms with E-state index in [9.17, 15) is 27.9 Å². The Labute approximate surface area is 183 Å². The Bertz CT molecular complexity index is 986. The molecule has 2 amide bonds. The standard InChI is InChI=1S/C19H15F3IN3O4/c1-18(29,16(27)26-12-5-8-15(24-2)14(23)9-12)10-30-13-6-3-11(4-7-13)25-17(28)19(20,21)22/h3-9,29H,10H2,1H3,(H,25,28)(H,26,27)/t18-/m0/s1. The molecule has 2 aromatic rings. The molecular formula is C19H15F3IN3O4. The van der Waals surface area contributed by atoms with Gasteiger partial charge in [0.25, 0.3) is 5.91 Å². The Kier molecular flexibility index (Phi) is 7.27. The molecule has 0 radical (unpaired) electrons. The smallest absolute Gasteiger partial charge is 0.471 e. The number of anilines is 2. The average molecular weight is 533 g/mol. The summed E-state index contributed by atoms with van der Waals surface area (Å²) < 4.78 is 42.7. The molecule has 0 saturated heterocycles. The van der Waals surface area contributed by atoms with Crippen molar-refractivity contribution in [3.63, 3.8) is 0 Å². The van der Waals surface area contributed by atoms with Gasteiger partial charge in [-0.15, -0.1) is 0 Å². The summed E-state index contributed by atoms with van der Waals surface area (Å²) in [7, 11) is 0. The summed E-state index contributed by atoms with van der Waals surface area (Å²) >= 11 is 1.95. The fourth-order valence-corrected chi connectivity index (χ4v) is 2.70. The summed E-state index contributed by atoms with van der Waals surface area (Å²) in [5, 5.41) is 14.6. The summed E-state index contributed by atoms with van der Waals surface area (Å²) in [6.45, 7) is 7.81. The summed E-state index contributed by atoms with van der Waals surface area (Å²) in [5.41, 5.74) is -1.19. The van der Waals surface area contributed by atoms with Crippen molar-refractivity contribution in [3.05, 3.63) is 57.5 Å². The Morgan fingerprint density at radius 2 is 1.67 bits per heavy atom. The minimum atomic E-state index is -5.00. The molecule has 0 aliphatic rings. The summed E-state index contributed by atoms with van der Waals surface area (Å²) in [6.07, 6.45) is -5.00. The minimum absolute atomic E-state index is 0.0911. The second-order valence-corrected chi connectivity index (χ2v) is 7.43. The average Bonchev–Trinajstić information content (AvgIpc) is 2.67.